The first-order valence-electron chi connectivity index (χ1n) is 6.17. The van der Waals surface area contributed by atoms with Gasteiger partial charge in [-0.25, -0.2) is 14.6 Å². The fourth-order valence-corrected chi connectivity index (χ4v) is 1.64. The van der Waals surface area contributed by atoms with Crippen molar-refractivity contribution in [3.63, 3.8) is 0 Å². The van der Waals surface area contributed by atoms with Crippen LogP contribution >= 0.6 is 0 Å². The average Bonchev–Trinajstić information content (AvgIpc) is 2.72. The standard InChI is InChI=1S/C13H18N4O/c1-4-5-8-18-13-11(9-15-17(13)3)12-14-7-6-10(2)16-12/h6-7,9H,4-5,8H2,1-3H3. The van der Waals surface area contributed by atoms with Gasteiger partial charge in [0.25, 0.3) is 0 Å². The summed E-state index contributed by atoms with van der Waals surface area (Å²) in [7, 11) is 1.86. The van der Waals surface area contributed by atoms with Gasteiger partial charge in [-0.3, -0.25) is 0 Å². The molecule has 0 aliphatic rings. The Hall–Kier alpha value is -1.91. The quantitative estimate of drug-likeness (QED) is 0.760. The summed E-state index contributed by atoms with van der Waals surface area (Å²) >= 11 is 0. The lowest BCUT2D eigenvalue weighted by molar-refractivity contribution is 0.284. The first-order chi connectivity index (χ1) is 8.72. The van der Waals surface area contributed by atoms with E-state index in [1.807, 2.05) is 20.0 Å². The van der Waals surface area contributed by atoms with Gasteiger partial charge in [0.05, 0.1) is 12.8 Å². The zero-order valence-electron chi connectivity index (χ0n) is 11.1. The number of rotatable bonds is 5. The fourth-order valence-electron chi connectivity index (χ4n) is 1.64. The first kappa shape index (κ1) is 12.5. The Balaban J connectivity index is 2.28. The normalized spacial score (nSPS) is 10.6. The minimum absolute atomic E-state index is 0.662. The molecule has 0 radical (unpaired) electrons. The van der Waals surface area contributed by atoms with Crippen molar-refractivity contribution in [2.24, 2.45) is 7.05 Å². The lowest BCUT2D eigenvalue weighted by Crippen LogP contribution is -2.03. The smallest absolute Gasteiger partial charge is 0.222 e. The zero-order valence-corrected chi connectivity index (χ0v) is 11.1. The van der Waals surface area contributed by atoms with Crippen molar-refractivity contribution in [2.45, 2.75) is 26.7 Å². The van der Waals surface area contributed by atoms with Crippen molar-refractivity contribution in [1.29, 1.82) is 0 Å². The molecule has 18 heavy (non-hydrogen) atoms. The van der Waals surface area contributed by atoms with Gasteiger partial charge in [-0.1, -0.05) is 13.3 Å². The monoisotopic (exact) mass is 246 g/mol. The summed E-state index contributed by atoms with van der Waals surface area (Å²) in [6.07, 6.45) is 5.63. The number of unbranched alkanes of at least 4 members (excludes halogenated alkanes) is 1. The Kier molecular flexibility index (Phi) is 3.92. The molecule has 0 atom stereocenters. The van der Waals surface area contributed by atoms with Crippen LogP contribution in [-0.2, 0) is 7.05 Å². The van der Waals surface area contributed by atoms with E-state index in [9.17, 15) is 0 Å². The Bertz CT molecular complexity index is 521. The van der Waals surface area contributed by atoms with Crippen molar-refractivity contribution in [1.82, 2.24) is 19.7 Å². The van der Waals surface area contributed by atoms with Gasteiger partial charge in [-0.2, -0.15) is 5.10 Å². The third-order valence-corrected chi connectivity index (χ3v) is 2.66. The molecule has 0 aliphatic heterocycles. The van der Waals surface area contributed by atoms with Gasteiger partial charge < -0.3 is 4.74 Å². The number of hydrogen-bond donors (Lipinski definition) is 0. The molecule has 0 amide bonds. The molecule has 0 saturated carbocycles. The molecule has 2 rings (SSSR count). The molecule has 5 heteroatoms. The predicted octanol–water partition coefficient (Wildman–Crippen LogP) is 2.36. The van der Waals surface area contributed by atoms with Crippen molar-refractivity contribution < 1.29 is 4.74 Å². The van der Waals surface area contributed by atoms with E-state index >= 15 is 0 Å². The van der Waals surface area contributed by atoms with Crippen LogP contribution in [-0.4, -0.2) is 26.4 Å². The van der Waals surface area contributed by atoms with Gasteiger partial charge >= 0.3 is 0 Å². The minimum Gasteiger partial charge on any atom is -0.477 e. The minimum atomic E-state index is 0.662. The van der Waals surface area contributed by atoms with E-state index in [4.69, 9.17) is 4.74 Å². The number of hydrogen-bond acceptors (Lipinski definition) is 4. The van der Waals surface area contributed by atoms with Crippen molar-refractivity contribution in [2.75, 3.05) is 6.61 Å². The maximum absolute atomic E-state index is 5.76. The van der Waals surface area contributed by atoms with Crippen LogP contribution in [0.1, 0.15) is 25.5 Å². The molecule has 0 saturated heterocycles. The molecule has 0 N–H and O–H groups in total. The summed E-state index contributed by atoms with van der Waals surface area (Å²) in [5.74, 6) is 1.39. The fraction of sp³-hybridized carbons (Fsp3) is 0.462. The van der Waals surface area contributed by atoms with Crippen LogP contribution in [0.15, 0.2) is 18.5 Å². The highest BCUT2D eigenvalue weighted by Crippen LogP contribution is 2.26. The molecular weight excluding hydrogens is 228 g/mol. The molecule has 0 fully saturated rings. The van der Waals surface area contributed by atoms with E-state index in [1.165, 1.54) is 0 Å². The van der Waals surface area contributed by atoms with Crippen molar-refractivity contribution in [3.8, 4) is 17.3 Å². The molecule has 0 bridgehead atoms. The van der Waals surface area contributed by atoms with Gasteiger partial charge in [0.1, 0.15) is 5.56 Å². The van der Waals surface area contributed by atoms with Crippen LogP contribution in [0.5, 0.6) is 5.88 Å². The van der Waals surface area contributed by atoms with E-state index in [2.05, 4.69) is 22.0 Å². The Morgan fingerprint density at radius 2 is 2.22 bits per heavy atom. The van der Waals surface area contributed by atoms with E-state index in [0.29, 0.717) is 12.4 Å². The second-order valence-corrected chi connectivity index (χ2v) is 4.21. The van der Waals surface area contributed by atoms with Gasteiger partial charge in [0.2, 0.25) is 5.88 Å². The Labute approximate surface area is 107 Å². The average molecular weight is 246 g/mol. The molecule has 0 aliphatic carbocycles. The lowest BCUT2D eigenvalue weighted by Gasteiger charge is -2.07. The lowest BCUT2D eigenvalue weighted by atomic mass is 10.3. The maximum Gasteiger partial charge on any atom is 0.222 e. The summed E-state index contributed by atoms with van der Waals surface area (Å²) in [6, 6.07) is 1.87. The highest BCUT2D eigenvalue weighted by atomic mass is 16.5. The van der Waals surface area contributed by atoms with Crippen LogP contribution in [0, 0.1) is 6.92 Å². The molecule has 5 nitrogen and oxygen atoms in total. The maximum atomic E-state index is 5.76. The van der Waals surface area contributed by atoms with E-state index in [1.54, 1.807) is 17.1 Å². The van der Waals surface area contributed by atoms with E-state index in [0.717, 1.165) is 30.0 Å². The number of nitrogens with zero attached hydrogens (tertiary/aromatic N) is 4. The van der Waals surface area contributed by atoms with Crippen molar-refractivity contribution in [3.05, 3.63) is 24.2 Å². The second-order valence-electron chi connectivity index (χ2n) is 4.21. The van der Waals surface area contributed by atoms with Crippen LogP contribution in [0.2, 0.25) is 0 Å². The molecule has 0 aromatic carbocycles. The summed E-state index contributed by atoms with van der Waals surface area (Å²) in [4.78, 5) is 8.67. The predicted molar refractivity (Wildman–Crippen MR) is 69.4 cm³/mol. The van der Waals surface area contributed by atoms with E-state index in [-0.39, 0.29) is 0 Å². The highest BCUT2D eigenvalue weighted by molar-refractivity contribution is 5.60. The molecule has 96 valence electrons. The van der Waals surface area contributed by atoms with Crippen molar-refractivity contribution >= 4 is 0 Å². The number of aryl methyl sites for hydroxylation is 2. The van der Waals surface area contributed by atoms with Crippen LogP contribution in [0.3, 0.4) is 0 Å². The van der Waals surface area contributed by atoms with Crippen LogP contribution in [0.4, 0.5) is 0 Å². The first-order valence-corrected chi connectivity index (χ1v) is 6.17. The summed E-state index contributed by atoms with van der Waals surface area (Å²) in [5.41, 5.74) is 1.78. The summed E-state index contributed by atoms with van der Waals surface area (Å²) in [6.45, 7) is 4.77. The molecule has 2 aromatic rings. The Morgan fingerprint density at radius 1 is 1.39 bits per heavy atom. The SMILES string of the molecule is CCCCOc1c(-c2nccc(C)n2)cnn1C. The number of ether oxygens (including phenoxy) is 1. The third kappa shape index (κ3) is 2.67. The third-order valence-electron chi connectivity index (χ3n) is 2.66. The molecule has 0 unspecified atom stereocenters. The van der Waals surface area contributed by atoms with Crippen LogP contribution in [0.25, 0.3) is 11.4 Å². The van der Waals surface area contributed by atoms with E-state index < -0.39 is 0 Å². The second kappa shape index (κ2) is 5.62. The molecule has 2 heterocycles. The highest BCUT2D eigenvalue weighted by Gasteiger charge is 2.14. The zero-order chi connectivity index (χ0) is 13.0. The largest absolute Gasteiger partial charge is 0.477 e. The molecular formula is C13H18N4O. The number of aromatic nitrogens is 4. The molecule has 0 spiro atoms. The molecule has 2 aromatic heterocycles. The summed E-state index contributed by atoms with van der Waals surface area (Å²) in [5, 5.41) is 4.21. The topological polar surface area (TPSA) is 52.8 Å². The van der Waals surface area contributed by atoms with Gasteiger partial charge in [0.15, 0.2) is 5.82 Å². The van der Waals surface area contributed by atoms with Gasteiger partial charge in [0, 0.05) is 18.9 Å². The van der Waals surface area contributed by atoms with Gasteiger partial charge in [-0.15, -0.1) is 0 Å². The summed E-state index contributed by atoms with van der Waals surface area (Å²) < 4.78 is 7.48. The van der Waals surface area contributed by atoms with Gasteiger partial charge in [-0.05, 0) is 19.4 Å². The van der Waals surface area contributed by atoms with Crippen LogP contribution < -0.4 is 4.74 Å². The Morgan fingerprint density at radius 3 is 2.94 bits per heavy atom.